The minimum Gasteiger partial charge on any atom is -0.465 e. The Balaban J connectivity index is 2.55. The summed E-state index contributed by atoms with van der Waals surface area (Å²) in [7, 11) is 0. The number of nitrogens with zero attached hydrogens (tertiary/aromatic N) is 3. The van der Waals surface area contributed by atoms with Crippen molar-refractivity contribution in [2.24, 2.45) is 0 Å². The van der Waals surface area contributed by atoms with Crippen LogP contribution < -0.4 is 5.32 Å². The van der Waals surface area contributed by atoms with E-state index in [1.165, 1.54) is 4.68 Å². The van der Waals surface area contributed by atoms with Crippen LogP contribution in [0.15, 0.2) is 36.4 Å². The number of para-hydroxylation sites is 1. The van der Waals surface area contributed by atoms with Gasteiger partial charge in [-0.15, -0.1) is 0 Å². The van der Waals surface area contributed by atoms with Gasteiger partial charge in [-0.2, -0.15) is 10.4 Å². The SMILES string of the molecule is CC(C)(C#N)c1cc(NC(=O)O)n(-c2ccccc2)n1. The summed E-state index contributed by atoms with van der Waals surface area (Å²) in [5, 5.41) is 24.7. The molecule has 0 bridgehead atoms. The first-order valence-corrected chi connectivity index (χ1v) is 6.01. The van der Waals surface area contributed by atoms with Crippen molar-refractivity contribution in [3.8, 4) is 11.8 Å². The number of anilines is 1. The number of aromatic nitrogens is 2. The summed E-state index contributed by atoms with van der Waals surface area (Å²) in [4.78, 5) is 10.9. The molecule has 2 N–H and O–H groups in total. The Kier molecular flexibility index (Phi) is 3.44. The van der Waals surface area contributed by atoms with E-state index < -0.39 is 11.5 Å². The monoisotopic (exact) mass is 270 g/mol. The molecule has 0 aliphatic rings. The van der Waals surface area contributed by atoms with E-state index >= 15 is 0 Å². The lowest BCUT2D eigenvalue weighted by atomic mass is 9.92. The topological polar surface area (TPSA) is 90.9 Å². The number of hydrogen-bond acceptors (Lipinski definition) is 3. The van der Waals surface area contributed by atoms with Crippen LogP contribution in [0.5, 0.6) is 0 Å². The summed E-state index contributed by atoms with van der Waals surface area (Å²) in [6, 6.07) is 12.9. The smallest absolute Gasteiger partial charge is 0.410 e. The molecule has 1 aromatic heterocycles. The van der Waals surface area contributed by atoms with Crippen molar-refractivity contribution in [1.29, 1.82) is 5.26 Å². The van der Waals surface area contributed by atoms with E-state index in [4.69, 9.17) is 10.4 Å². The molecule has 1 aromatic carbocycles. The minimum atomic E-state index is -1.18. The van der Waals surface area contributed by atoms with Gasteiger partial charge < -0.3 is 5.11 Å². The Labute approximate surface area is 116 Å². The van der Waals surface area contributed by atoms with Crippen LogP contribution in [0, 0.1) is 11.3 Å². The number of rotatable bonds is 3. The lowest BCUT2D eigenvalue weighted by molar-refractivity contribution is 0.209. The van der Waals surface area contributed by atoms with Crippen LogP contribution >= 0.6 is 0 Å². The van der Waals surface area contributed by atoms with Crippen molar-refractivity contribution < 1.29 is 9.90 Å². The summed E-state index contributed by atoms with van der Waals surface area (Å²) in [6.45, 7) is 3.46. The minimum absolute atomic E-state index is 0.307. The molecular weight excluding hydrogens is 256 g/mol. The maximum Gasteiger partial charge on any atom is 0.410 e. The van der Waals surface area contributed by atoms with Crippen molar-refractivity contribution in [2.75, 3.05) is 5.32 Å². The van der Waals surface area contributed by atoms with E-state index in [0.29, 0.717) is 11.5 Å². The van der Waals surface area contributed by atoms with Crippen LogP contribution in [-0.4, -0.2) is 21.0 Å². The molecule has 0 aliphatic heterocycles. The van der Waals surface area contributed by atoms with Crippen molar-refractivity contribution in [3.63, 3.8) is 0 Å². The van der Waals surface area contributed by atoms with Crippen molar-refractivity contribution in [2.45, 2.75) is 19.3 Å². The van der Waals surface area contributed by atoms with Gasteiger partial charge in [0.05, 0.1) is 22.9 Å². The molecule has 6 heteroatoms. The van der Waals surface area contributed by atoms with E-state index in [2.05, 4.69) is 16.5 Å². The van der Waals surface area contributed by atoms with Crippen molar-refractivity contribution >= 4 is 11.9 Å². The molecule has 0 atom stereocenters. The molecule has 2 aromatic rings. The standard InChI is InChI=1S/C14H14N4O2/c1-14(2,9-15)11-8-12(16-13(19)20)18(17-11)10-6-4-3-5-7-10/h3-8,16H,1-2H3,(H,19,20). The molecule has 1 amide bonds. The zero-order valence-electron chi connectivity index (χ0n) is 11.2. The molecule has 0 fully saturated rings. The Hall–Kier alpha value is -2.81. The average molecular weight is 270 g/mol. The number of carbonyl (C=O) groups is 1. The highest BCUT2D eigenvalue weighted by atomic mass is 16.4. The van der Waals surface area contributed by atoms with Gasteiger partial charge in [-0.25, -0.2) is 9.48 Å². The maximum atomic E-state index is 10.9. The third-order valence-corrected chi connectivity index (χ3v) is 2.86. The maximum absolute atomic E-state index is 10.9. The van der Waals surface area contributed by atoms with Crippen LogP contribution in [0.3, 0.4) is 0 Å². The first-order chi connectivity index (χ1) is 9.44. The molecule has 102 valence electrons. The van der Waals surface area contributed by atoms with Gasteiger partial charge in [0.15, 0.2) is 0 Å². The Bertz CT molecular complexity index is 668. The number of amides is 1. The molecule has 0 saturated heterocycles. The number of hydrogen-bond donors (Lipinski definition) is 2. The Morgan fingerprint density at radius 3 is 2.60 bits per heavy atom. The third-order valence-electron chi connectivity index (χ3n) is 2.86. The molecule has 0 radical (unpaired) electrons. The molecule has 0 saturated carbocycles. The largest absolute Gasteiger partial charge is 0.465 e. The van der Waals surface area contributed by atoms with Crippen LogP contribution in [0.4, 0.5) is 10.6 Å². The second-order valence-electron chi connectivity index (χ2n) is 4.83. The third kappa shape index (κ3) is 2.62. The average Bonchev–Trinajstić information content (AvgIpc) is 2.83. The predicted octanol–water partition coefficient (Wildman–Crippen LogP) is 2.76. The fourth-order valence-corrected chi connectivity index (χ4v) is 1.71. The highest BCUT2D eigenvalue weighted by Gasteiger charge is 2.25. The van der Waals surface area contributed by atoms with Gasteiger partial charge in [-0.05, 0) is 26.0 Å². The molecule has 20 heavy (non-hydrogen) atoms. The van der Waals surface area contributed by atoms with E-state index in [-0.39, 0.29) is 0 Å². The van der Waals surface area contributed by atoms with Gasteiger partial charge in [0, 0.05) is 6.07 Å². The van der Waals surface area contributed by atoms with E-state index in [0.717, 1.165) is 5.69 Å². The van der Waals surface area contributed by atoms with Gasteiger partial charge >= 0.3 is 6.09 Å². The van der Waals surface area contributed by atoms with Gasteiger partial charge in [0.2, 0.25) is 0 Å². The molecule has 1 heterocycles. The van der Waals surface area contributed by atoms with Gasteiger partial charge in [-0.1, -0.05) is 18.2 Å². The quantitative estimate of drug-likeness (QED) is 0.897. The Morgan fingerprint density at radius 1 is 1.40 bits per heavy atom. The van der Waals surface area contributed by atoms with Crippen molar-refractivity contribution in [3.05, 3.63) is 42.1 Å². The zero-order chi connectivity index (χ0) is 14.8. The molecule has 0 spiro atoms. The lowest BCUT2D eigenvalue weighted by Gasteiger charge is -2.10. The second kappa shape index (κ2) is 5.05. The fraction of sp³-hybridized carbons (Fsp3) is 0.214. The predicted molar refractivity (Wildman–Crippen MR) is 73.9 cm³/mol. The van der Waals surface area contributed by atoms with E-state index in [1.807, 2.05) is 30.3 Å². The summed E-state index contributed by atoms with van der Waals surface area (Å²) >= 11 is 0. The van der Waals surface area contributed by atoms with Gasteiger partial charge in [0.1, 0.15) is 5.82 Å². The summed E-state index contributed by atoms with van der Waals surface area (Å²) in [5.74, 6) is 0.307. The summed E-state index contributed by atoms with van der Waals surface area (Å²) in [5.41, 5.74) is 0.429. The zero-order valence-corrected chi connectivity index (χ0v) is 11.2. The van der Waals surface area contributed by atoms with E-state index in [9.17, 15) is 4.79 Å². The highest BCUT2D eigenvalue weighted by molar-refractivity contribution is 5.82. The van der Waals surface area contributed by atoms with Gasteiger partial charge in [0.25, 0.3) is 0 Å². The lowest BCUT2D eigenvalue weighted by Crippen LogP contribution is -2.15. The summed E-state index contributed by atoms with van der Waals surface area (Å²) < 4.78 is 1.47. The van der Waals surface area contributed by atoms with Crippen LogP contribution in [0.1, 0.15) is 19.5 Å². The first kappa shape index (κ1) is 13.6. The van der Waals surface area contributed by atoms with Crippen LogP contribution in [0.25, 0.3) is 5.69 Å². The fourth-order valence-electron chi connectivity index (χ4n) is 1.71. The normalized spacial score (nSPS) is 10.8. The number of carboxylic acid groups (broad SMARTS) is 1. The number of nitrogens with one attached hydrogen (secondary N) is 1. The molecule has 0 aliphatic carbocycles. The number of benzene rings is 1. The molecular formula is C14H14N4O2. The highest BCUT2D eigenvalue weighted by Crippen LogP contribution is 2.26. The van der Waals surface area contributed by atoms with E-state index in [1.54, 1.807) is 19.9 Å². The second-order valence-corrected chi connectivity index (χ2v) is 4.83. The number of nitriles is 1. The molecule has 2 rings (SSSR count). The Morgan fingerprint density at radius 2 is 2.05 bits per heavy atom. The van der Waals surface area contributed by atoms with Crippen molar-refractivity contribution in [1.82, 2.24) is 9.78 Å². The van der Waals surface area contributed by atoms with Gasteiger partial charge in [-0.3, -0.25) is 5.32 Å². The van der Waals surface area contributed by atoms with Crippen LogP contribution in [0.2, 0.25) is 0 Å². The first-order valence-electron chi connectivity index (χ1n) is 6.01. The molecule has 6 nitrogen and oxygen atoms in total. The molecule has 0 unspecified atom stereocenters. The van der Waals surface area contributed by atoms with Crippen LogP contribution in [-0.2, 0) is 5.41 Å². The summed E-state index contributed by atoms with van der Waals surface area (Å²) in [6.07, 6.45) is -1.18.